The molecular formula is C7H12N2OS. The lowest BCUT2D eigenvalue weighted by Gasteiger charge is -2.11. The molecule has 4 heteroatoms. The molecule has 0 saturated carbocycles. The smallest absolute Gasteiger partial charge is 0.219 e. The first-order chi connectivity index (χ1) is 5.09. The van der Waals surface area contributed by atoms with E-state index in [1.165, 1.54) is 11.8 Å². The Hall–Kier alpha value is -0.640. The number of allylic oxidation sites excluding steroid dienone is 2. The summed E-state index contributed by atoms with van der Waals surface area (Å²) in [7, 11) is 0. The minimum atomic E-state index is -0.00231. The first-order valence-corrected chi connectivity index (χ1v) is 4.35. The van der Waals surface area contributed by atoms with Crippen LogP contribution in [0.4, 0.5) is 0 Å². The Kier molecular flexibility index (Phi) is 2.44. The van der Waals surface area contributed by atoms with Crippen molar-refractivity contribution >= 4 is 17.7 Å². The van der Waals surface area contributed by atoms with Crippen LogP contribution in [0.15, 0.2) is 10.6 Å². The molecule has 0 aromatic carbocycles. The van der Waals surface area contributed by atoms with E-state index in [0.717, 1.165) is 5.70 Å². The largest absolute Gasteiger partial charge is 0.359 e. The molecular weight excluding hydrogens is 160 g/mol. The van der Waals surface area contributed by atoms with Crippen LogP contribution < -0.4 is 10.6 Å². The zero-order valence-corrected chi connectivity index (χ0v) is 7.71. The zero-order valence-electron chi connectivity index (χ0n) is 6.89. The average Bonchev–Trinajstić information content (AvgIpc) is 2.10. The van der Waals surface area contributed by atoms with Gasteiger partial charge < -0.3 is 10.6 Å². The highest BCUT2D eigenvalue weighted by atomic mass is 32.2. The molecule has 3 nitrogen and oxygen atoms in total. The normalized spacial score (nSPS) is 23.4. The lowest BCUT2D eigenvalue weighted by molar-refractivity contribution is -0.119. The molecule has 0 saturated heterocycles. The Labute approximate surface area is 70.6 Å². The van der Waals surface area contributed by atoms with Crippen molar-refractivity contribution < 1.29 is 4.79 Å². The molecule has 2 N–H and O–H groups in total. The SMILES string of the molecule is CC(=O)NC1NC(C)=C(C)S1. The molecule has 1 aliphatic heterocycles. The van der Waals surface area contributed by atoms with E-state index >= 15 is 0 Å². The van der Waals surface area contributed by atoms with Crippen LogP contribution in [-0.4, -0.2) is 11.4 Å². The Balaban J connectivity index is 2.42. The van der Waals surface area contributed by atoms with Gasteiger partial charge in [0.05, 0.1) is 0 Å². The van der Waals surface area contributed by atoms with Crippen LogP contribution in [0.1, 0.15) is 20.8 Å². The van der Waals surface area contributed by atoms with Gasteiger partial charge in [-0.2, -0.15) is 0 Å². The lowest BCUT2D eigenvalue weighted by atomic mass is 10.4. The lowest BCUT2D eigenvalue weighted by Crippen LogP contribution is -2.38. The minimum Gasteiger partial charge on any atom is -0.359 e. The van der Waals surface area contributed by atoms with Crippen molar-refractivity contribution in [2.24, 2.45) is 0 Å². The van der Waals surface area contributed by atoms with Gasteiger partial charge in [-0.15, -0.1) is 0 Å². The number of thioether (sulfide) groups is 1. The van der Waals surface area contributed by atoms with Gasteiger partial charge in [0.15, 0.2) is 5.50 Å². The predicted molar refractivity (Wildman–Crippen MR) is 46.7 cm³/mol. The van der Waals surface area contributed by atoms with Gasteiger partial charge in [0.2, 0.25) is 5.91 Å². The van der Waals surface area contributed by atoms with Crippen LogP contribution in [0, 0.1) is 0 Å². The Bertz CT molecular complexity index is 198. The second-order valence-corrected chi connectivity index (χ2v) is 3.84. The molecule has 1 heterocycles. The molecule has 0 aliphatic carbocycles. The summed E-state index contributed by atoms with van der Waals surface area (Å²) in [5.41, 5.74) is 1.18. The summed E-state index contributed by atoms with van der Waals surface area (Å²) in [5.74, 6) is -0.00231. The molecule has 0 spiro atoms. The summed E-state index contributed by atoms with van der Waals surface area (Å²) >= 11 is 1.64. The van der Waals surface area contributed by atoms with E-state index in [4.69, 9.17) is 0 Å². The molecule has 0 aromatic heterocycles. The van der Waals surface area contributed by atoms with Crippen LogP contribution in [0.3, 0.4) is 0 Å². The van der Waals surface area contributed by atoms with Crippen LogP contribution in [0.25, 0.3) is 0 Å². The number of carbonyl (C=O) groups is 1. The van der Waals surface area contributed by atoms with Crippen molar-refractivity contribution in [3.05, 3.63) is 10.6 Å². The number of amides is 1. The fourth-order valence-electron chi connectivity index (χ4n) is 0.843. The van der Waals surface area contributed by atoms with E-state index in [2.05, 4.69) is 10.6 Å². The van der Waals surface area contributed by atoms with Gasteiger partial charge in [-0.05, 0) is 13.8 Å². The van der Waals surface area contributed by atoms with Gasteiger partial charge >= 0.3 is 0 Å². The minimum absolute atomic E-state index is 0.00231. The standard InChI is InChI=1S/C7H12N2OS/c1-4-5(2)11-7(8-4)9-6(3)10/h7-8H,1-3H3,(H,9,10). The van der Waals surface area contributed by atoms with E-state index in [1.807, 2.05) is 13.8 Å². The molecule has 0 bridgehead atoms. The second kappa shape index (κ2) is 3.17. The first kappa shape index (κ1) is 8.46. The first-order valence-electron chi connectivity index (χ1n) is 3.47. The molecule has 1 rings (SSSR count). The van der Waals surface area contributed by atoms with Crippen LogP contribution >= 0.6 is 11.8 Å². The Morgan fingerprint density at radius 3 is 2.64 bits per heavy atom. The predicted octanol–water partition coefficient (Wildman–Crippen LogP) is 0.994. The number of nitrogens with one attached hydrogen (secondary N) is 2. The topological polar surface area (TPSA) is 41.1 Å². The highest BCUT2D eigenvalue weighted by Crippen LogP contribution is 2.27. The number of carbonyl (C=O) groups excluding carboxylic acids is 1. The second-order valence-electron chi connectivity index (χ2n) is 2.52. The number of hydrogen-bond acceptors (Lipinski definition) is 3. The van der Waals surface area contributed by atoms with Crippen molar-refractivity contribution in [1.82, 2.24) is 10.6 Å². The molecule has 1 atom stereocenters. The van der Waals surface area contributed by atoms with E-state index in [0.29, 0.717) is 0 Å². The van der Waals surface area contributed by atoms with Gasteiger partial charge in [0, 0.05) is 17.5 Å². The summed E-state index contributed by atoms with van der Waals surface area (Å²) in [4.78, 5) is 11.9. The van der Waals surface area contributed by atoms with E-state index in [9.17, 15) is 4.79 Å². The molecule has 62 valence electrons. The fourth-order valence-corrected chi connectivity index (χ4v) is 1.89. The van der Waals surface area contributed by atoms with Crippen molar-refractivity contribution in [2.75, 3.05) is 0 Å². The van der Waals surface area contributed by atoms with Gasteiger partial charge in [0.25, 0.3) is 0 Å². The summed E-state index contributed by atoms with van der Waals surface area (Å²) in [6.07, 6.45) is 0. The van der Waals surface area contributed by atoms with E-state index in [-0.39, 0.29) is 11.4 Å². The molecule has 0 radical (unpaired) electrons. The van der Waals surface area contributed by atoms with Gasteiger partial charge in [-0.1, -0.05) is 11.8 Å². The summed E-state index contributed by atoms with van der Waals surface area (Å²) in [6.45, 7) is 5.56. The van der Waals surface area contributed by atoms with Crippen molar-refractivity contribution in [3.8, 4) is 0 Å². The third-order valence-electron chi connectivity index (χ3n) is 1.50. The van der Waals surface area contributed by atoms with Gasteiger partial charge in [0.1, 0.15) is 0 Å². The van der Waals surface area contributed by atoms with Crippen LogP contribution in [-0.2, 0) is 4.79 Å². The Morgan fingerprint density at radius 2 is 2.27 bits per heavy atom. The average molecular weight is 172 g/mol. The molecule has 1 amide bonds. The summed E-state index contributed by atoms with van der Waals surface area (Å²) in [5, 5.41) is 5.92. The molecule has 11 heavy (non-hydrogen) atoms. The molecule has 1 unspecified atom stereocenters. The molecule has 1 aliphatic rings. The van der Waals surface area contributed by atoms with Gasteiger partial charge in [-0.3, -0.25) is 4.79 Å². The number of rotatable bonds is 1. The maximum atomic E-state index is 10.6. The van der Waals surface area contributed by atoms with Gasteiger partial charge in [-0.25, -0.2) is 0 Å². The monoisotopic (exact) mass is 172 g/mol. The summed E-state index contributed by atoms with van der Waals surface area (Å²) < 4.78 is 0. The van der Waals surface area contributed by atoms with Crippen molar-refractivity contribution in [2.45, 2.75) is 26.3 Å². The maximum Gasteiger partial charge on any atom is 0.219 e. The number of hydrogen-bond donors (Lipinski definition) is 2. The van der Waals surface area contributed by atoms with Crippen LogP contribution in [0.5, 0.6) is 0 Å². The Morgan fingerprint density at radius 1 is 1.64 bits per heavy atom. The molecule has 0 aromatic rings. The van der Waals surface area contributed by atoms with Crippen molar-refractivity contribution in [3.63, 3.8) is 0 Å². The molecule has 0 fully saturated rings. The van der Waals surface area contributed by atoms with Crippen LogP contribution in [0.2, 0.25) is 0 Å². The fraction of sp³-hybridized carbons (Fsp3) is 0.571. The van der Waals surface area contributed by atoms with E-state index < -0.39 is 0 Å². The highest BCUT2D eigenvalue weighted by Gasteiger charge is 2.18. The quantitative estimate of drug-likeness (QED) is 0.620. The zero-order chi connectivity index (χ0) is 8.43. The van der Waals surface area contributed by atoms with E-state index in [1.54, 1.807) is 11.8 Å². The van der Waals surface area contributed by atoms with Crippen molar-refractivity contribution in [1.29, 1.82) is 0 Å². The third-order valence-corrected chi connectivity index (χ3v) is 2.64. The summed E-state index contributed by atoms with van der Waals surface area (Å²) in [6, 6.07) is 0. The maximum absolute atomic E-state index is 10.6. The highest BCUT2D eigenvalue weighted by molar-refractivity contribution is 8.03. The third kappa shape index (κ3) is 2.15.